The fourth-order valence-electron chi connectivity index (χ4n) is 12.9. The highest BCUT2D eigenvalue weighted by molar-refractivity contribution is 5.76. The molecule has 0 bridgehead atoms. The van der Waals surface area contributed by atoms with Gasteiger partial charge in [0.15, 0.2) is 0 Å². The lowest BCUT2D eigenvalue weighted by molar-refractivity contribution is -0.143. The second-order valence-electron chi connectivity index (χ2n) is 27.8. The molecule has 6 nitrogen and oxygen atoms in total. The van der Waals surface area contributed by atoms with Crippen LogP contribution in [0, 0.1) is 0 Å². The van der Waals surface area contributed by atoms with Crippen LogP contribution >= 0.6 is 0 Å². The quantitative estimate of drug-likeness (QED) is 0.0320. The van der Waals surface area contributed by atoms with Crippen molar-refractivity contribution in [1.29, 1.82) is 0 Å². The second-order valence-corrected chi connectivity index (χ2v) is 27.8. The number of unbranched alkanes of at least 4 members (excludes halogenated alkanes) is 63. The maximum atomic E-state index is 12.5. The van der Waals surface area contributed by atoms with E-state index >= 15 is 0 Å². The van der Waals surface area contributed by atoms with Crippen molar-refractivity contribution >= 4 is 11.9 Å². The molecule has 0 aliphatic rings. The first-order chi connectivity index (χ1) is 43.0. The molecule has 2 atom stereocenters. The third-order valence-electron chi connectivity index (χ3n) is 19.0. The molecule has 2 unspecified atom stereocenters. The number of nitrogens with one attached hydrogen (secondary N) is 1. The van der Waals surface area contributed by atoms with E-state index in [-0.39, 0.29) is 18.5 Å². The summed E-state index contributed by atoms with van der Waals surface area (Å²) >= 11 is 0. The highest BCUT2D eigenvalue weighted by Gasteiger charge is 2.18. The summed E-state index contributed by atoms with van der Waals surface area (Å²) in [6.45, 7) is 4.96. The normalized spacial score (nSPS) is 12.6. The van der Waals surface area contributed by atoms with E-state index in [1.54, 1.807) is 6.08 Å². The van der Waals surface area contributed by atoms with Gasteiger partial charge in [-0.05, 0) is 57.8 Å². The lowest BCUT2D eigenvalue weighted by Gasteiger charge is -2.20. The Balaban J connectivity index is 3.35. The van der Waals surface area contributed by atoms with E-state index in [1.807, 2.05) is 6.08 Å². The maximum absolute atomic E-state index is 12.5. The van der Waals surface area contributed by atoms with Crippen molar-refractivity contribution in [3.8, 4) is 0 Å². The number of esters is 1. The Morgan fingerprint density at radius 1 is 0.310 bits per heavy atom. The van der Waals surface area contributed by atoms with Gasteiger partial charge in [-0.25, -0.2) is 0 Å². The van der Waals surface area contributed by atoms with Crippen LogP contribution in [0.1, 0.15) is 457 Å². The molecule has 0 aliphatic carbocycles. The zero-order valence-corrected chi connectivity index (χ0v) is 59.3. The van der Waals surface area contributed by atoms with Crippen LogP contribution < -0.4 is 5.32 Å². The van der Waals surface area contributed by atoms with E-state index in [0.29, 0.717) is 19.4 Å². The van der Waals surface area contributed by atoms with Gasteiger partial charge in [0, 0.05) is 12.8 Å². The standard InChI is InChI=1S/C81H157NO5/c1-3-5-7-9-11-13-15-17-19-21-37-41-45-49-53-57-61-65-69-73-79(84)78(77-83)82-80(85)74-70-66-62-58-54-50-46-42-39-35-33-31-29-27-25-23-24-26-28-30-32-34-36-40-44-48-52-56-60-64-68-72-76-87-81(86)75-71-67-63-59-55-51-47-43-38-22-20-18-16-14-12-10-8-6-4-2/h26,28,69,73,78-79,83-84H,3-25,27,29-68,70-72,74-77H2,1-2H3,(H,82,85)/b28-26-,73-69+. The van der Waals surface area contributed by atoms with Crippen molar-refractivity contribution in [1.82, 2.24) is 5.32 Å². The minimum absolute atomic E-state index is 0.0238. The molecule has 87 heavy (non-hydrogen) atoms. The summed E-state index contributed by atoms with van der Waals surface area (Å²) in [4.78, 5) is 24.7. The lowest BCUT2D eigenvalue weighted by Crippen LogP contribution is -2.45. The number of aliphatic hydroxyl groups excluding tert-OH is 2. The maximum Gasteiger partial charge on any atom is 0.305 e. The average Bonchev–Trinajstić information content (AvgIpc) is 3.52. The van der Waals surface area contributed by atoms with E-state index in [0.717, 1.165) is 38.5 Å². The summed E-state index contributed by atoms with van der Waals surface area (Å²) < 4.78 is 5.52. The van der Waals surface area contributed by atoms with E-state index in [4.69, 9.17) is 4.74 Å². The number of allylic oxidation sites excluding steroid dienone is 3. The summed E-state index contributed by atoms with van der Waals surface area (Å²) in [5.74, 6) is -0.0371. The van der Waals surface area contributed by atoms with Gasteiger partial charge in [0.25, 0.3) is 0 Å². The molecule has 0 saturated carbocycles. The first-order valence-electron chi connectivity index (χ1n) is 40.1. The number of aliphatic hydroxyl groups is 2. The van der Waals surface area contributed by atoms with E-state index in [1.165, 1.54) is 392 Å². The zero-order valence-electron chi connectivity index (χ0n) is 59.3. The molecule has 0 aromatic heterocycles. The first kappa shape index (κ1) is 85.3. The van der Waals surface area contributed by atoms with Crippen LogP contribution in [0.15, 0.2) is 24.3 Å². The molecule has 516 valence electrons. The van der Waals surface area contributed by atoms with Gasteiger partial charge < -0.3 is 20.3 Å². The zero-order chi connectivity index (χ0) is 62.8. The Hall–Kier alpha value is -1.66. The molecule has 0 fully saturated rings. The molecular weight excluding hydrogens is 1070 g/mol. The van der Waals surface area contributed by atoms with E-state index < -0.39 is 12.1 Å². The highest BCUT2D eigenvalue weighted by Crippen LogP contribution is 2.20. The summed E-state index contributed by atoms with van der Waals surface area (Å²) in [6.07, 6.45) is 98.8. The lowest BCUT2D eigenvalue weighted by atomic mass is 10.0. The molecule has 0 radical (unpaired) electrons. The fourth-order valence-corrected chi connectivity index (χ4v) is 12.9. The summed E-state index contributed by atoms with van der Waals surface area (Å²) in [7, 11) is 0. The summed E-state index contributed by atoms with van der Waals surface area (Å²) in [6, 6.07) is -0.626. The van der Waals surface area contributed by atoms with Crippen LogP contribution in [0.5, 0.6) is 0 Å². The van der Waals surface area contributed by atoms with Gasteiger partial charge in [0.1, 0.15) is 0 Å². The Kier molecular flexibility index (Phi) is 75.3. The molecule has 0 spiro atoms. The number of amides is 1. The monoisotopic (exact) mass is 1220 g/mol. The van der Waals surface area contributed by atoms with Crippen molar-refractivity contribution in [2.24, 2.45) is 0 Å². The van der Waals surface area contributed by atoms with Crippen molar-refractivity contribution < 1.29 is 24.5 Å². The number of ether oxygens (including phenoxy) is 1. The third kappa shape index (κ3) is 73.3. The summed E-state index contributed by atoms with van der Waals surface area (Å²) in [5, 5.41) is 23.3. The van der Waals surface area contributed by atoms with Gasteiger partial charge in [-0.1, -0.05) is 411 Å². The summed E-state index contributed by atoms with van der Waals surface area (Å²) in [5.41, 5.74) is 0. The SMILES string of the molecule is CCCCCCCCCCCCCCCCCCC/C=C/C(O)C(CO)NC(=O)CCCCCCCCCCCCCCCCCC/C=C\CCCCCCCCCCCCCCOC(=O)CCCCCCCCCCCCCCCCCCCCC. The molecule has 0 aromatic rings. The molecule has 0 aliphatic heterocycles. The van der Waals surface area contributed by atoms with Gasteiger partial charge in [-0.2, -0.15) is 0 Å². The Labute approximate surface area is 545 Å². The predicted octanol–water partition coefficient (Wildman–Crippen LogP) is 26.4. The van der Waals surface area contributed by atoms with Crippen LogP contribution in [-0.2, 0) is 14.3 Å². The Morgan fingerprint density at radius 3 is 0.816 bits per heavy atom. The van der Waals surface area contributed by atoms with Crippen LogP contribution in [-0.4, -0.2) is 47.4 Å². The third-order valence-corrected chi connectivity index (χ3v) is 19.0. The number of carbonyl (C=O) groups excluding carboxylic acids is 2. The second kappa shape index (κ2) is 76.8. The van der Waals surface area contributed by atoms with Crippen LogP contribution in [0.2, 0.25) is 0 Å². The van der Waals surface area contributed by atoms with Gasteiger partial charge in [0.05, 0.1) is 25.4 Å². The van der Waals surface area contributed by atoms with Gasteiger partial charge >= 0.3 is 5.97 Å². The topological polar surface area (TPSA) is 95.9 Å². The minimum Gasteiger partial charge on any atom is -0.466 e. The molecular formula is C81H157NO5. The Bertz CT molecular complexity index is 1360. The minimum atomic E-state index is -0.843. The number of carbonyl (C=O) groups is 2. The first-order valence-corrected chi connectivity index (χ1v) is 40.1. The van der Waals surface area contributed by atoms with Gasteiger partial charge in [-0.3, -0.25) is 9.59 Å². The number of hydrogen-bond donors (Lipinski definition) is 3. The smallest absolute Gasteiger partial charge is 0.305 e. The van der Waals surface area contributed by atoms with Gasteiger partial charge in [0.2, 0.25) is 5.91 Å². The molecule has 6 heteroatoms. The van der Waals surface area contributed by atoms with Crippen molar-refractivity contribution in [3.05, 3.63) is 24.3 Å². The average molecular weight is 1230 g/mol. The van der Waals surface area contributed by atoms with Crippen molar-refractivity contribution in [3.63, 3.8) is 0 Å². The predicted molar refractivity (Wildman–Crippen MR) is 384 cm³/mol. The molecule has 1 amide bonds. The van der Waals surface area contributed by atoms with E-state index in [2.05, 4.69) is 31.3 Å². The Morgan fingerprint density at radius 2 is 0.540 bits per heavy atom. The molecule has 0 heterocycles. The van der Waals surface area contributed by atoms with Crippen molar-refractivity contribution in [2.75, 3.05) is 13.2 Å². The molecule has 0 aromatic carbocycles. The molecule has 0 rings (SSSR count). The van der Waals surface area contributed by atoms with Crippen LogP contribution in [0.25, 0.3) is 0 Å². The fraction of sp³-hybridized carbons (Fsp3) is 0.926. The number of hydrogen-bond acceptors (Lipinski definition) is 5. The highest BCUT2D eigenvalue weighted by atomic mass is 16.5. The van der Waals surface area contributed by atoms with Gasteiger partial charge in [-0.15, -0.1) is 0 Å². The van der Waals surface area contributed by atoms with E-state index in [9.17, 15) is 19.8 Å². The van der Waals surface area contributed by atoms with Crippen LogP contribution in [0.3, 0.4) is 0 Å². The molecule has 3 N–H and O–H groups in total. The largest absolute Gasteiger partial charge is 0.466 e. The van der Waals surface area contributed by atoms with Crippen molar-refractivity contribution in [2.45, 2.75) is 469 Å². The molecule has 0 saturated heterocycles. The number of rotatable bonds is 76. The van der Waals surface area contributed by atoms with Crippen LogP contribution in [0.4, 0.5) is 0 Å².